The first kappa shape index (κ1) is 28.3. The van der Waals surface area contributed by atoms with Crippen LogP contribution in [0.5, 0.6) is 0 Å². The highest BCUT2D eigenvalue weighted by atomic mass is 35.5. The van der Waals surface area contributed by atoms with Gasteiger partial charge in [0, 0.05) is 37.5 Å². The lowest BCUT2D eigenvalue weighted by molar-refractivity contribution is -0.141. The molecule has 0 saturated heterocycles. The first-order valence-electron chi connectivity index (χ1n) is 12.7. The summed E-state index contributed by atoms with van der Waals surface area (Å²) in [5.41, 5.74) is 1.70. The third kappa shape index (κ3) is 6.32. The molecule has 0 saturated carbocycles. The van der Waals surface area contributed by atoms with Gasteiger partial charge in [0.2, 0.25) is 11.8 Å². The van der Waals surface area contributed by atoms with E-state index >= 15 is 0 Å². The molecule has 8 nitrogen and oxygen atoms in total. The summed E-state index contributed by atoms with van der Waals surface area (Å²) in [7, 11) is -3.97. The molecule has 0 spiro atoms. The van der Waals surface area contributed by atoms with Gasteiger partial charge in [-0.3, -0.25) is 14.4 Å². The van der Waals surface area contributed by atoms with Crippen molar-refractivity contribution in [3.05, 3.63) is 101 Å². The highest BCUT2D eigenvalue weighted by Crippen LogP contribution is 2.30. The fraction of sp³-hybridized carbons (Fsp3) is 0.276. The van der Waals surface area contributed by atoms with Gasteiger partial charge in [0.1, 0.15) is 10.9 Å². The zero-order chi connectivity index (χ0) is 28.0. The number of nitrogens with one attached hydrogen (secondary N) is 1. The third-order valence-electron chi connectivity index (χ3n) is 6.58. The van der Waals surface area contributed by atoms with Crippen LogP contribution in [0.1, 0.15) is 41.3 Å². The van der Waals surface area contributed by atoms with Crippen molar-refractivity contribution in [2.75, 3.05) is 13.1 Å². The Morgan fingerprint density at radius 2 is 1.64 bits per heavy atom. The van der Waals surface area contributed by atoms with Crippen LogP contribution < -0.4 is 5.32 Å². The lowest BCUT2D eigenvalue weighted by Gasteiger charge is -2.32. The zero-order valence-corrected chi connectivity index (χ0v) is 23.1. The third-order valence-corrected chi connectivity index (χ3v) is 8.79. The van der Waals surface area contributed by atoms with Gasteiger partial charge in [-0.15, -0.1) is 0 Å². The molecule has 0 radical (unpaired) electrons. The van der Waals surface area contributed by atoms with Crippen LogP contribution in [0, 0.1) is 0 Å². The summed E-state index contributed by atoms with van der Waals surface area (Å²) >= 11 is 6.41. The average Bonchev–Trinajstić information content (AvgIpc) is 3.12. The molecule has 1 heterocycles. The average molecular weight is 568 g/mol. The Balaban J connectivity index is 1.56. The van der Waals surface area contributed by atoms with Gasteiger partial charge in [0.25, 0.3) is 15.9 Å². The van der Waals surface area contributed by atoms with Gasteiger partial charge in [0.15, 0.2) is 0 Å². The lowest BCUT2D eigenvalue weighted by atomic mass is 10.0. The van der Waals surface area contributed by atoms with Gasteiger partial charge in [-0.1, -0.05) is 72.3 Å². The Morgan fingerprint density at radius 1 is 0.974 bits per heavy atom. The number of hydrogen-bond acceptors (Lipinski definition) is 5. The summed E-state index contributed by atoms with van der Waals surface area (Å²) in [6.45, 7) is 2.16. The van der Waals surface area contributed by atoms with E-state index in [2.05, 4.69) is 5.32 Å². The van der Waals surface area contributed by atoms with Crippen LogP contribution in [0.3, 0.4) is 0 Å². The van der Waals surface area contributed by atoms with Gasteiger partial charge < -0.3 is 10.2 Å². The van der Waals surface area contributed by atoms with E-state index in [1.54, 1.807) is 30.3 Å². The zero-order valence-electron chi connectivity index (χ0n) is 21.5. The molecule has 3 aromatic carbocycles. The maximum Gasteiger partial charge on any atom is 0.269 e. The predicted octanol–water partition coefficient (Wildman–Crippen LogP) is 4.04. The Labute approximate surface area is 233 Å². The van der Waals surface area contributed by atoms with Crippen LogP contribution in [0.4, 0.5) is 0 Å². The van der Waals surface area contributed by atoms with E-state index in [0.29, 0.717) is 17.1 Å². The fourth-order valence-corrected chi connectivity index (χ4v) is 6.43. The minimum Gasteiger partial charge on any atom is -0.355 e. The smallest absolute Gasteiger partial charge is 0.269 e. The molecule has 0 aliphatic carbocycles. The summed E-state index contributed by atoms with van der Waals surface area (Å²) in [5, 5.41) is 3.30. The minimum absolute atomic E-state index is 0.0270. The van der Waals surface area contributed by atoms with Crippen molar-refractivity contribution in [1.82, 2.24) is 14.5 Å². The number of likely N-dealkylation sites (N-methyl/N-ethyl adjacent to an activating group) is 1. The summed E-state index contributed by atoms with van der Waals surface area (Å²) in [6.07, 6.45) is 0.326. The minimum atomic E-state index is -3.97. The molecule has 1 N–H and O–H groups in total. The SMILES string of the molecule is CCNC(=O)[C@@H](Cc1ccccc1)N(Cc1ccccc1Cl)C(=O)CCCN1C(=O)c2ccccc2S1(=O)=O. The van der Waals surface area contributed by atoms with Crippen LogP contribution in [-0.2, 0) is 32.6 Å². The second kappa shape index (κ2) is 12.4. The lowest BCUT2D eigenvalue weighted by Crippen LogP contribution is -2.50. The molecule has 1 atom stereocenters. The topological polar surface area (TPSA) is 104 Å². The molecule has 0 unspecified atom stereocenters. The van der Waals surface area contributed by atoms with Crippen LogP contribution >= 0.6 is 11.6 Å². The standard InChI is InChI=1S/C29H30ClN3O5S/c1-2-31-28(35)25(19-21-11-4-3-5-12-21)32(20-22-13-6-8-15-24(22)30)27(34)17-10-18-33-29(36)23-14-7-9-16-26(23)39(33,37)38/h3-9,11-16,25H,2,10,17-20H2,1H3,(H,31,35)/t25-/m1/s1. The number of amides is 3. The van der Waals surface area contributed by atoms with E-state index in [0.717, 1.165) is 9.87 Å². The van der Waals surface area contributed by atoms with E-state index in [1.165, 1.54) is 17.0 Å². The molecule has 3 amide bonds. The van der Waals surface area contributed by atoms with Crippen molar-refractivity contribution in [1.29, 1.82) is 0 Å². The molecule has 0 fully saturated rings. The van der Waals surface area contributed by atoms with Gasteiger partial charge in [0.05, 0.1) is 5.56 Å². The summed E-state index contributed by atoms with van der Waals surface area (Å²) in [6, 6.07) is 21.8. The Kier molecular flexibility index (Phi) is 9.04. The first-order chi connectivity index (χ1) is 18.7. The highest BCUT2D eigenvalue weighted by Gasteiger charge is 2.40. The summed E-state index contributed by atoms with van der Waals surface area (Å²) < 4.78 is 26.6. The number of nitrogens with zero attached hydrogens (tertiary/aromatic N) is 2. The molecule has 3 aromatic rings. The predicted molar refractivity (Wildman–Crippen MR) is 149 cm³/mol. The maximum atomic E-state index is 13.7. The van der Waals surface area contributed by atoms with Crippen LogP contribution in [-0.4, -0.2) is 54.5 Å². The molecule has 0 bridgehead atoms. The van der Waals surface area contributed by atoms with Crippen molar-refractivity contribution in [2.45, 2.75) is 43.7 Å². The van der Waals surface area contributed by atoms with E-state index in [-0.39, 0.29) is 54.6 Å². The molecular formula is C29H30ClN3O5S. The van der Waals surface area contributed by atoms with Gasteiger partial charge in [-0.2, -0.15) is 0 Å². The van der Waals surface area contributed by atoms with Gasteiger partial charge in [-0.05, 0) is 42.7 Å². The summed E-state index contributed by atoms with van der Waals surface area (Å²) in [4.78, 5) is 41.1. The number of carbonyl (C=O) groups is 3. The maximum absolute atomic E-state index is 13.7. The molecule has 39 heavy (non-hydrogen) atoms. The highest BCUT2D eigenvalue weighted by molar-refractivity contribution is 7.90. The summed E-state index contributed by atoms with van der Waals surface area (Å²) in [5.74, 6) is -1.24. The monoisotopic (exact) mass is 567 g/mol. The van der Waals surface area contributed by atoms with E-state index in [9.17, 15) is 22.8 Å². The van der Waals surface area contributed by atoms with Crippen LogP contribution in [0.2, 0.25) is 5.02 Å². The number of carbonyl (C=O) groups excluding carboxylic acids is 3. The molecule has 4 rings (SSSR count). The second-order valence-corrected chi connectivity index (χ2v) is 11.4. The number of hydrogen-bond donors (Lipinski definition) is 1. The number of rotatable bonds is 11. The van der Waals surface area contributed by atoms with Crippen LogP contribution in [0.15, 0.2) is 83.8 Å². The fourth-order valence-electron chi connectivity index (χ4n) is 4.63. The normalized spacial score (nSPS) is 14.5. The van der Waals surface area contributed by atoms with Crippen molar-refractivity contribution >= 4 is 39.3 Å². The number of sulfonamides is 1. The largest absolute Gasteiger partial charge is 0.355 e. The molecule has 10 heteroatoms. The second-order valence-electron chi connectivity index (χ2n) is 9.20. The Morgan fingerprint density at radius 3 is 2.33 bits per heavy atom. The Hall–Kier alpha value is -3.69. The molecular weight excluding hydrogens is 538 g/mol. The van der Waals surface area contributed by atoms with Gasteiger partial charge >= 0.3 is 0 Å². The van der Waals surface area contributed by atoms with Crippen molar-refractivity contribution in [3.63, 3.8) is 0 Å². The van der Waals surface area contributed by atoms with Gasteiger partial charge in [-0.25, -0.2) is 12.7 Å². The quantitative estimate of drug-likeness (QED) is 0.377. The Bertz CT molecular complexity index is 1460. The molecule has 0 aromatic heterocycles. The number of halogens is 1. The molecule has 1 aliphatic rings. The van der Waals surface area contributed by atoms with E-state index in [1.807, 2.05) is 43.3 Å². The van der Waals surface area contributed by atoms with Crippen molar-refractivity contribution < 1.29 is 22.8 Å². The van der Waals surface area contributed by atoms with E-state index < -0.39 is 22.0 Å². The number of fused-ring (bicyclic) bond motifs is 1. The van der Waals surface area contributed by atoms with Crippen molar-refractivity contribution in [2.24, 2.45) is 0 Å². The van der Waals surface area contributed by atoms with Crippen LogP contribution in [0.25, 0.3) is 0 Å². The first-order valence-corrected chi connectivity index (χ1v) is 14.6. The molecule has 1 aliphatic heterocycles. The van der Waals surface area contributed by atoms with Crippen molar-refractivity contribution in [3.8, 4) is 0 Å². The number of benzene rings is 3. The van der Waals surface area contributed by atoms with E-state index in [4.69, 9.17) is 11.6 Å². The molecule has 204 valence electrons.